The molecular weight excluding hydrogens is 336 g/mol. The first-order valence-electron chi connectivity index (χ1n) is 8.53. The molecule has 1 aromatic carbocycles. The van der Waals surface area contributed by atoms with Crippen LogP contribution < -0.4 is 15.4 Å². The molecule has 6 heteroatoms. The topological polar surface area (TPSA) is 67.4 Å². The Labute approximate surface area is 151 Å². The molecule has 0 atom stereocenters. The van der Waals surface area contributed by atoms with Gasteiger partial charge < -0.3 is 15.4 Å². The van der Waals surface area contributed by atoms with Crippen LogP contribution in [-0.4, -0.2) is 25.5 Å². The van der Waals surface area contributed by atoms with E-state index < -0.39 is 0 Å². The second-order valence-electron chi connectivity index (χ2n) is 5.95. The van der Waals surface area contributed by atoms with Crippen LogP contribution in [0.4, 0.5) is 5.00 Å². The van der Waals surface area contributed by atoms with Gasteiger partial charge in [-0.2, -0.15) is 0 Å². The van der Waals surface area contributed by atoms with E-state index >= 15 is 0 Å². The second-order valence-corrected chi connectivity index (χ2v) is 7.06. The van der Waals surface area contributed by atoms with Crippen molar-refractivity contribution in [2.24, 2.45) is 0 Å². The predicted octanol–water partition coefficient (Wildman–Crippen LogP) is 3.39. The second kappa shape index (κ2) is 8.16. The van der Waals surface area contributed by atoms with Gasteiger partial charge in [-0.05, 0) is 43.4 Å². The zero-order valence-corrected chi connectivity index (χ0v) is 15.1. The molecule has 1 aromatic heterocycles. The Kier molecular flexibility index (Phi) is 5.71. The van der Waals surface area contributed by atoms with Crippen molar-refractivity contribution in [2.45, 2.75) is 32.1 Å². The molecule has 1 aliphatic carbocycles. The van der Waals surface area contributed by atoms with Gasteiger partial charge >= 0.3 is 0 Å². The molecule has 0 saturated carbocycles. The molecule has 2 N–H and O–H groups in total. The monoisotopic (exact) mass is 358 g/mol. The molecule has 0 bridgehead atoms. The van der Waals surface area contributed by atoms with Crippen molar-refractivity contribution >= 4 is 28.2 Å². The van der Waals surface area contributed by atoms with E-state index in [4.69, 9.17) is 4.74 Å². The van der Waals surface area contributed by atoms with Crippen molar-refractivity contribution in [1.82, 2.24) is 5.32 Å². The number of benzene rings is 1. The number of carbonyl (C=O) groups excluding carboxylic acids is 2. The molecule has 132 valence electrons. The average Bonchev–Trinajstić information content (AvgIpc) is 2.99. The summed E-state index contributed by atoms with van der Waals surface area (Å²) in [7, 11) is 1.62. The first-order valence-corrected chi connectivity index (χ1v) is 9.35. The molecule has 0 saturated heterocycles. The fourth-order valence-corrected chi connectivity index (χ4v) is 4.29. The molecule has 2 aromatic rings. The fourth-order valence-electron chi connectivity index (χ4n) is 2.99. The van der Waals surface area contributed by atoms with Gasteiger partial charge in [0.2, 0.25) is 5.91 Å². The summed E-state index contributed by atoms with van der Waals surface area (Å²) in [6.07, 6.45) is 4.36. The molecular formula is C19H22N2O3S. The number of carbonyl (C=O) groups is 2. The highest BCUT2D eigenvalue weighted by atomic mass is 32.1. The maximum absolute atomic E-state index is 12.3. The van der Waals surface area contributed by atoms with E-state index in [1.54, 1.807) is 7.05 Å². The van der Waals surface area contributed by atoms with Crippen molar-refractivity contribution in [3.63, 3.8) is 0 Å². The molecule has 1 heterocycles. The lowest BCUT2D eigenvalue weighted by atomic mass is 9.95. The first-order chi connectivity index (χ1) is 12.2. The lowest BCUT2D eigenvalue weighted by Gasteiger charge is -2.12. The largest absolute Gasteiger partial charge is 0.493 e. The van der Waals surface area contributed by atoms with E-state index in [0.29, 0.717) is 17.2 Å². The third-order valence-electron chi connectivity index (χ3n) is 4.22. The van der Waals surface area contributed by atoms with Crippen LogP contribution in [0.2, 0.25) is 0 Å². The summed E-state index contributed by atoms with van der Waals surface area (Å²) in [6, 6.07) is 9.41. The molecule has 0 unspecified atom stereocenters. The van der Waals surface area contributed by atoms with E-state index in [-0.39, 0.29) is 18.2 Å². The van der Waals surface area contributed by atoms with Gasteiger partial charge in [0.25, 0.3) is 5.91 Å². The Bertz CT molecular complexity index is 756. The molecule has 0 radical (unpaired) electrons. The van der Waals surface area contributed by atoms with Crippen molar-refractivity contribution in [3.05, 3.63) is 46.3 Å². The zero-order chi connectivity index (χ0) is 17.6. The number of amides is 2. The maximum Gasteiger partial charge on any atom is 0.254 e. The smallest absolute Gasteiger partial charge is 0.254 e. The predicted molar refractivity (Wildman–Crippen MR) is 99.5 cm³/mol. The van der Waals surface area contributed by atoms with Gasteiger partial charge in [0.15, 0.2) is 0 Å². The van der Waals surface area contributed by atoms with Crippen LogP contribution in [0.3, 0.4) is 0 Å². The maximum atomic E-state index is 12.3. The summed E-state index contributed by atoms with van der Waals surface area (Å²) >= 11 is 1.53. The van der Waals surface area contributed by atoms with Gasteiger partial charge in [0.05, 0.1) is 18.6 Å². The Morgan fingerprint density at radius 1 is 1.16 bits per heavy atom. The number of ether oxygens (including phenoxy) is 1. The van der Waals surface area contributed by atoms with E-state index in [0.717, 1.165) is 37.0 Å². The number of rotatable bonds is 6. The number of aryl methyl sites for hydroxylation is 1. The van der Waals surface area contributed by atoms with Gasteiger partial charge in [-0.1, -0.05) is 18.2 Å². The summed E-state index contributed by atoms with van der Waals surface area (Å²) in [6.45, 7) is 0.302. The van der Waals surface area contributed by atoms with Gasteiger partial charge in [-0.3, -0.25) is 9.59 Å². The first kappa shape index (κ1) is 17.5. The molecule has 2 amide bonds. The van der Waals surface area contributed by atoms with Crippen molar-refractivity contribution in [1.29, 1.82) is 0 Å². The van der Waals surface area contributed by atoms with E-state index in [1.807, 2.05) is 30.3 Å². The molecule has 5 nitrogen and oxygen atoms in total. The van der Waals surface area contributed by atoms with Crippen LogP contribution in [0, 0.1) is 0 Å². The Morgan fingerprint density at radius 2 is 1.92 bits per heavy atom. The molecule has 0 spiro atoms. The normalized spacial score (nSPS) is 13.0. The quantitative estimate of drug-likeness (QED) is 0.832. The number of anilines is 1. The van der Waals surface area contributed by atoms with Crippen LogP contribution in [-0.2, 0) is 17.6 Å². The number of fused-ring (bicyclic) bond motifs is 1. The summed E-state index contributed by atoms with van der Waals surface area (Å²) in [5.41, 5.74) is 1.74. The highest BCUT2D eigenvalue weighted by Gasteiger charge is 2.25. The Morgan fingerprint density at radius 3 is 2.68 bits per heavy atom. The number of hydrogen-bond acceptors (Lipinski definition) is 4. The minimum atomic E-state index is -0.139. The molecule has 0 aliphatic heterocycles. The standard InChI is InChI=1S/C19H22N2O3S/c1-20-18(23)17-14-9-5-6-10-15(14)25-19(17)21-16(22)11-12-24-13-7-3-2-4-8-13/h2-4,7-8H,5-6,9-12H2,1H3,(H,20,23)(H,21,22). The minimum Gasteiger partial charge on any atom is -0.493 e. The fraction of sp³-hybridized carbons (Fsp3) is 0.368. The number of thiophene rings is 1. The molecule has 3 rings (SSSR count). The summed E-state index contributed by atoms with van der Waals surface area (Å²) < 4.78 is 5.56. The van der Waals surface area contributed by atoms with Gasteiger partial charge in [-0.15, -0.1) is 11.3 Å². The lowest BCUT2D eigenvalue weighted by Crippen LogP contribution is -2.22. The van der Waals surface area contributed by atoms with E-state index in [2.05, 4.69) is 10.6 Å². The number of nitrogens with one attached hydrogen (secondary N) is 2. The summed E-state index contributed by atoms with van der Waals surface area (Å²) in [4.78, 5) is 25.8. The summed E-state index contributed by atoms with van der Waals surface area (Å²) in [5.74, 6) is 0.475. The molecule has 1 aliphatic rings. The summed E-state index contributed by atoms with van der Waals surface area (Å²) in [5, 5.41) is 6.26. The van der Waals surface area contributed by atoms with Crippen LogP contribution in [0.1, 0.15) is 40.1 Å². The lowest BCUT2D eigenvalue weighted by molar-refractivity contribution is -0.116. The Hall–Kier alpha value is -2.34. The van der Waals surface area contributed by atoms with Gasteiger partial charge in [0, 0.05) is 11.9 Å². The third kappa shape index (κ3) is 4.20. The van der Waals surface area contributed by atoms with Gasteiger partial charge in [-0.25, -0.2) is 0 Å². The van der Waals surface area contributed by atoms with Crippen LogP contribution >= 0.6 is 11.3 Å². The SMILES string of the molecule is CNC(=O)c1c(NC(=O)CCOc2ccccc2)sc2c1CCCC2. The van der Waals surface area contributed by atoms with Gasteiger partial charge in [0.1, 0.15) is 10.8 Å². The highest BCUT2D eigenvalue weighted by molar-refractivity contribution is 7.17. The van der Waals surface area contributed by atoms with Crippen molar-refractivity contribution in [2.75, 3.05) is 19.0 Å². The van der Waals surface area contributed by atoms with Crippen LogP contribution in [0.25, 0.3) is 0 Å². The number of hydrogen-bond donors (Lipinski definition) is 2. The number of para-hydroxylation sites is 1. The van der Waals surface area contributed by atoms with Crippen LogP contribution in [0.15, 0.2) is 30.3 Å². The van der Waals surface area contributed by atoms with Crippen LogP contribution in [0.5, 0.6) is 5.75 Å². The highest BCUT2D eigenvalue weighted by Crippen LogP contribution is 2.38. The molecule has 0 fully saturated rings. The Balaban J connectivity index is 1.64. The zero-order valence-electron chi connectivity index (χ0n) is 14.3. The van der Waals surface area contributed by atoms with E-state index in [9.17, 15) is 9.59 Å². The third-order valence-corrected chi connectivity index (χ3v) is 5.43. The van der Waals surface area contributed by atoms with Crippen molar-refractivity contribution in [3.8, 4) is 5.75 Å². The molecule has 25 heavy (non-hydrogen) atoms. The van der Waals surface area contributed by atoms with Crippen molar-refractivity contribution < 1.29 is 14.3 Å². The van der Waals surface area contributed by atoms with E-state index in [1.165, 1.54) is 16.2 Å². The average molecular weight is 358 g/mol. The minimum absolute atomic E-state index is 0.129.